The number of rotatable bonds is 6. The number of esters is 1. The van der Waals surface area contributed by atoms with Crippen molar-refractivity contribution in [2.45, 2.75) is 102 Å². The molecular weight excluding hydrogens is 492 g/mol. The first-order valence-electron chi connectivity index (χ1n) is 14.9. The zero-order valence-corrected chi connectivity index (χ0v) is 23.2. The van der Waals surface area contributed by atoms with Crippen molar-refractivity contribution in [3.05, 3.63) is 47.9 Å². The average Bonchev–Trinajstić information content (AvgIpc) is 3.66. The number of fused-ring (bicyclic) bond motifs is 3. The predicted octanol–water partition coefficient (Wildman–Crippen LogP) is 5.66. The molecule has 0 radical (unpaired) electrons. The lowest BCUT2D eigenvalue weighted by molar-refractivity contribution is -0.125. The van der Waals surface area contributed by atoms with Crippen molar-refractivity contribution < 1.29 is 18.7 Å². The van der Waals surface area contributed by atoms with Gasteiger partial charge in [0.15, 0.2) is 5.69 Å². The highest BCUT2D eigenvalue weighted by Gasteiger charge is 2.60. The van der Waals surface area contributed by atoms with Gasteiger partial charge in [-0.1, -0.05) is 44.2 Å². The molecule has 1 amide bonds. The van der Waals surface area contributed by atoms with Gasteiger partial charge in [0, 0.05) is 24.6 Å². The van der Waals surface area contributed by atoms with E-state index in [4.69, 9.17) is 14.1 Å². The van der Waals surface area contributed by atoms with Crippen LogP contribution in [0.5, 0.6) is 0 Å². The van der Waals surface area contributed by atoms with Gasteiger partial charge in [0.25, 0.3) is 0 Å². The zero-order chi connectivity index (χ0) is 27.0. The zero-order valence-electron chi connectivity index (χ0n) is 23.2. The van der Waals surface area contributed by atoms with Gasteiger partial charge in [0.05, 0.1) is 26.2 Å². The van der Waals surface area contributed by atoms with Gasteiger partial charge in [-0.15, -0.1) is 0 Å². The van der Waals surface area contributed by atoms with Crippen LogP contribution in [0, 0.1) is 0 Å². The highest BCUT2D eigenvalue weighted by Crippen LogP contribution is 2.49. The maximum absolute atomic E-state index is 14.3. The van der Waals surface area contributed by atoms with E-state index in [-0.39, 0.29) is 35.3 Å². The summed E-state index contributed by atoms with van der Waals surface area (Å²) in [5.74, 6) is 0.527. The third kappa shape index (κ3) is 4.72. The molecule has 1 N–H and O–H groups in total. The van der Waals surface area contributed by atoms with Gasteiger partial charge in [-0.2, -0.15) is 0 Å². The van der Waals surface area contributed by atoms with E-state index in [0.29, 0.717) is 29.7 Å². The summed E-state index contributed by atoms with van der Waals surface area (Å²) in [6.07, 6.45) is 12.8. The molecule has 3 fully saturated rings. The fourth-order valence-corrected chi connectivity index (χ4v) is 7.72. The van der Waals surface area contributed by atoms with Crippen molar-refractivity contribution in [2.75, 3.05) is 19.0 Å². The molecule has 4 heterocycles. The second kappa shape index (κ2) is 10.9. The number of ether oxygens (including phenoxy) is 1. The molecule has 3 aliphatic heterocycles. The number of para-hydroxylation sites is 2. The van der Waals surface area contributed by atoms with Gasteiger partial charge in [-0.05, 0) is 50.8 Å². The summed E-state index contributed by atoms with van der Waals surface area (Å²) in [6.45, 7) is 2.21. The molecule has 6 rings (SSSR count). The van der Waals surface area contributed by atoms with E-state index >= 15 is 0 Å². The first kappa shape index (κ1) is 26.3. The highest BCUT2D eigenvalue weighted by atomic mass is 16.5. The van der Waals surface area contributed by atoms with Gasteiger partial charge >= 0.3 is 11.9 Å². The standard InChI is InChI=1S/C31H41N4O4/c1-3-38-31(37)28-18-16-23(39-28)20-32-29-30(36)35(2,26-14-10-9-13-24(26)33-29)27-19-22-15-17-25(27)34(22)21-11-7-5-4-6-8-12-21/h9-10,13-14,16,18,21-22,25,27H,3-8,11-12,15,17,19-20H2,1-2H3,(H,32,33)/q+1/t22-,25?,27+,35?/m0/s1. The summed E-state index contributed by atoms with van der Waals surface area (Å²) < 4.78 is 10.9. The van der Waals surface area contributed by atoms with Gasteiger partial charge in [-0.3, -0.25) is 9.89 Å². The second-order valence-electron chi connectivity index (χ2n) is 11.7. The quantitative estimate of drug-likeness (QED) is 0.381. The number of anilines is 1. The first-order valence-corrected chi connectivity index (χ1v) is 14.9. The molecule has 1 aliphatic carbocycles. The Kier molecular flexibility index (Phi) is 7.33. The molecule has 8 heteroatoms. The minimum atomic E-state index is -0.494. The Labute approximate surface area is 231 Å². The summed E-state index contributed by atoms with van der Waals surface area (Å²) in [5, 5.41) is 3.32. The SMILES string of the molecule is CCOC(=O)c1ccc(CN=C2Nc3ccccc3[N+](C)([C@@H]3C[C@@H]4CCC3N4C3CCCCCCC3)C2=O)o1. The highest BCUT2D eigenvalue weighted by molar-refractivity contribution is 6.47. The molecular formula is C31H41N4O4+. The minimum Gasteiger partial charge on any atom is -0.460 e. The molecule has 1 saturated carbocycles. The monoisotopic (exact) mass is 533 g/mol. The van der Waals surface area contributed by atoms with E-state index in [2.05, 4.69) is 23.3 Å². The fourth-order valence-electron chi connectivity index (χ4n) is 7.72. The molecule has 4 aliphatic rings. The smallest absolute Gasteiger partial charge is 0.386 e. The van der Waals surface area contributed by atoms with Crippen LogP contribution in [0.4, 0.5) is 11.4 Å². The van der Waals surface area contributed by atoms with Gasteiger partial charge in [0.2, 0.25) is 11.6 Å². The Morgan fingerprint density at radius 1 is 1.05 bits per heavy atom. The lowest BCUT2D eigenvalue weighted by Gasteiger charge is -2.44. The number of quaternary nitrogens is 1. The normalized spacial score (nSPS) is 30.6. The molecule has 0 spiro atoms. The lowest BCUT2D eigenvalue weighted by atomic mass is 9.90. The van der Waals surface area contributed by atoms with E-state index in [1.54, 1.807) is 19.1 Å². The number of aliphatic imine (C=N–C) groups is 1. The third-order valence-electron chi connectivity index (χ3n) is 9.53. The number of hydrogen-bond donors (Lipinski definition) is 1. The lowest BCUT2D eigenvalue weighted by Crippen LogP contribution is -2.66. The first-order chi connectivity index (χ1) is 19.0. The van der Waals surface area contributed by atoms with E-state index in [1.807, 2.05) is 18.2 Å². The molecule has 1 aromatic heterocycles. The number of furan rings is 1. The van der Waals surface area contributed by atoms with Crippen LogP contribution in [0.15, 0.2) is 45.8 Å². The Morgan fingerprint density at radius 2 is 1.82 bits per heavy atom. The molecule has 208 valence electrons. The van der Waals surface area contributed by atoms with Crippen LogP contribution in [0.3, 0.4) is 0 Å². The summed E-state index contributed by atoms with van der Waals surface area (Å²) in [7, 11) is 2.10. The largest absolute Gasteiger partial charge is 0.460 e. The van der Waals surface area contributed by atoms with Crippen LogP contribution in [0.2, 0.25) is 0 Å². The summed E-state index contributed by atoms with van der Waals surface area (Å²) in [4.78, 5) is 33.9. The van der Waals surface area contributed by atoms with Crippen LogP contribution in [-0.2, 0) is 16.1 Å². The maximum atomic E-state index is 14.3. The molecule has 39 heavy (non-hydrogen) atoms. The van der Waals surface area contributed by atoms with Crippen molar-refractivity contribution in [3.63, 3.8) is 0 Å². The van der Waals surface area contributed by atoms with Crippen LogP contribution in [0.1, 0.15) is 87.4 Å². The fraction of sp³-hybridized carbons (Fsp3) is 0.581. The molecule has 8 nitrogen and oxygen atoms in total. The number of nitrogens with one attached hydrogen (secondary N) is 1. The predicted molar refractivity (Wildman–Crippen MR) is 152 cm³/mol. The maximum Gasteiger partial charge on any atom is 0.386 e. The van der Waals surface area contributed by atoms with Gasteiger partial charge < -0.3 is 14.5 Å². The minimum absolute atomic E-state index is 0.000962. The number of amides is 1. The number of amidine groups is 1. The number of nitrogens with zero attached hydrogens (tertiary/aromatic N) is 3. The number of benzene rings is 1. The number of carbonyl (C=O) groups is 2. The Bertz CT molecular complexity index is 1250. The summed E-state index contributed by atoms with van der Waals surface area (Å²) >= 11 is 0. The van der Waals surface area contributed by atoms with E-state index in [9.17, 15) is 9.59 Å². The van der Waals surface area contributed by atoms with E-state index in [1.165, 1.54) is 51.4 Å². The third-order valence-corrected chi connectivity index (χ3v) is 9.53. The molecule has 2 bridgehead atoms. The van der Waals surface area contributed by atoms with E-state index in [0.717, 1.165) is 24.2 Å². The Hall–Kier alpha value is -2.97. The van der Waals surface area contributed by atoms with Crippen molar-refractivity contribution in [1.82, 2.24) is 9.38 Å². The number of likely N-dealkylation sites (N-methyl/N-ethyl adjacent to an activating group) is 1. The molecule has 4 atom stereocenters. The second-order valence-corrected chi connectivity index (χ2v) is 11.7. The molecule has 2 saturated heterocycles. The summed E-state index contributed by atoms with van der Waals surface area (Å²) in [6, 6.07) is 13.3. The number of carbonyl (C=O) groups excluding carboxylic acids is 2. The Balaban J connectivity index is 1.28. The van der Waals surface area contributed by atoms with Crippen molar-refractivity contribution in [2.24, 2.45) is 4.99 Å². The summed E-state index contributed by atoms with van der Waals surface area (Å²) in [5.41, 5.74) is 1.96. The van der Waals surface area contributed by atoms with Crippen LogP contribution in [-0.4, -0.2) is 60.4 Å². The topological polar surface area (TPSA) is 84.1 Å². The van der Waals surface area contributed by atoms with Crippen molar-refractivity contribution >= 4 is 29.1 Å². The van der Waals surface area contributed by atoms with Crippen LogP contribution >= 0.6 is 0 Å². The number of hydrogen-bond acceptors (Lipinski definition) is 6. The Morgan fingerprint density at radius 3 is 2.62 bits per heavy atom. The van der Waals surface area contributed by atoms with Crippen LogP contribution < -0.4 is 9.80 Å². The molecule has 2 unspecified atom stereocenters. The van der Waals surface area contributed by atoms with Crippen molar-refractivity contribution in [1.29, 1.82) is 0 Å². The van der Waals surface area contributed by atoms with Crippen LogP contribution in [0.25, 0.3) is 0 Å². The van der Waals surface area contributed by atoms with E-state index < -0.39 is 5.97 Å². The molecule has 1 aromatic carbocycles. The van der Waals surface area contributed by atoms with Gasteiger partial charge in [0.1, 0.15) is 17.5 Å². The van der Waals surface area contributed by atoms with Gasteiger partial charge in [-0.25, -0.2) is 14.1 Å². The average molecular weight is 534 g/mol. The molecule has 2 aromatic rings. The van der Waals surface area contributed by atoms with Crippen molar-refractivity contribution in [3.8, 4) is 0 Å².